The van der Waals surface area contributed by atoms with Crippen molar-refractivity contribution in [3.8, 4) is 23.0 Å². The van der Waals surface area contributed by atoms with Crippen LogP contribution in [0.15, 0.2) is 48.8 Å². The minimum Gasteiger partial charge on any atom is -0.444 e. The zero-order valence-electron chi connectivity index (χ0n) is 27.6. The molecule has 4 aromatic rings. The predicted octanol–water partition coefficient (Wildman–Crippen LogP) is 5.71. The zero-order chi connectivity index (χ0) is 32.5. The molecule has 3 aliphatic heterocycles. The lowest BCUT2D eigenvalue weighted by Gasteiger charge is -2.24. The molecule has 5 heterocycles. The molecule has 0 radical (unpaired) electrons. The Balaban J connectivity index is 1.25. The fraction of sp³-hybridized carbons (Fsp3) is 0.382. The number of hydrogen-bond donors (Lipinski definition) is 0. The van der Waals surface area contributed by atoms with Gasteiger partial charge in [-0.1, -0.05) is 18.1 Å². The van der Waals surface area contributed by atoms with Crippen molar-refractivity contribution in [2.24, 2.45) is 0 Å². The smallest absolute Gasteiger partial charge is 0.410 e. The van der Waals surface area contributed by atoms with Crippen LogP contribution in [0.3, 0.4) is 0 Å². The first kappa shape index (κ1) is 23.8. The maximum absolute atomic E-state index is 13.8. The van der Waals surface area contributed by atoms with E-state index in [1.807, 2.05) is 45.0 Å². The number of ether oxygens (including phenoxy) is 1. The molecule has 2 amide bonds. The molecule has 2 aromatic heterocycles. The third-order valence-electron chi connectivity index (χ3n) is 8.44. The molecule has 2 bridgehead atoms. The second-order valence-electron chi connectivity index (χ2n) is 12.4. The third kappa shape index (κ3) is 4.53. The molecule has 0 aliphatic carbocycles. The van der Waals surface area contributed by atoms with E-state index in [0.717, 1.165) is 33.5 Å². The number of aromatic nitrogens is 4. The highest BCUT2D eigenvalue weighted by atomic mass is 16.6. The average Bonchev–Trinajstić information content (AvgIpc) is 3.69. The predicted molar refractivity (Wildman–Crippen MR) is 163 cm³/mol. The molecule has 0 N–H and O–H groups in total. The summed E-state index contributed by atoms with van der Waals surface area (Å²) in [7, 11) is 0. The molecule has 0 spiro atoms. The van der Waals surface area contributed by atoms with Gasteiger partial charge in [0, 0.05) is 71.2 Å². The average molecular weight is 578 g/mol. The normalized spacial score (nSPS) is 22.2. The molecule has 1 unspecified atom stereocenters. The highest BCUT2D eigenvalue weighted by Gasteiger charge is 2.44. The number of rotatable bonds is 2. The van der Waals surface area contributed by atoms with Crippen LogP contribution in [0.25, 0.3) is 22.2 Å². The molecule has 9 heteroatoms. The molecule has 1 fully saturated rings. The van der Waals surface area contributed by atoms with Gasteiger partial charge in [0.2, 0.25) is 0 Å². The van der Waals surface area contributed by atoms with Gasteiger partial charge in [-0.15, -0.1) is 5.92 Å². The van der Waals surface area contributed by atoms with Crippen molar-refractivity contribution >= 4 is 23.0 Å². The quantitative estimate of drug-likeness (QED) is 0.284. The highest BCUT2D eigenvalue weighted by Crippen LogP contribution is 2.48. The molecule has 3 aliphatic rings. The van der Waals surface area contributed by atoms with Gasteiger partial charge in [-0.3, -0.25) is 4.79 Å². The van der Waals surface area contributed by atoms with Gasteiger partial charge in [0.25, 0.3) is 5.91 Å². The summed E-state index contributed by atoms with van der Waals surface area (Å²) in [5, 5.41) is 0. The van der Waals surface area contributed by atoms with Crippen molar-refractivity contribution in [1.29, 1.82) is 0 Å². The van der Waals surface area contributed by atoms with E-state index in [-0.39, 0.29) is 18.1 Å². The Morgan fingerprint density at radius 3 is 2.67 bits per heavy atom. The molecule has 218 valence electrons. The lowest BCUT2D eigenvalue weighted by molar-refractivity contribution is 0.0292. The summed E-state index contributed by atoms with van der Waals surface area (Å²) >= 11 is 0. The molecule has 43 heavy (non-hydrogen) atoms. The summed E-state index contributed by atoms with van der Waals surface area (Å²) in [4.78, 5) is 43.3. The fourth-order valence-corrected chi connectivity index (χ4v) is 6.53. The van der Waals surface area contributed by atoms with E-state index in [1.165, 1.54) is 0 Å². The molecule has 0 saturated carbocycles. The van der Waals surface area contributed by atoms with Crippen molar-refractivity contribution in [2.75, 3.05) is 20.1 Å². The maximum Gasteiger partial charge on any atom is 0.410 e. The SMILES string of the molecule is [2H]C([2H])([2H])N1C(=O)c2cccc(C#CC)c2[C@H]2C[C@@H]1c1nc3ccc(-c4cnc(C5CCN(C(=O)OC(C)(C)C)C5)nc4)cc3n12. The Morgan fingerprint density at radius 2 is 1.93 bits per heavy atom. The molecular weight excluding hydrogens is 540 g/mol. The number of imidazole rings is 1. The van der Waals surface area contributed by atoms with Crippen LogP contribution in [0.1, 0.15) is 95.8 Å². The van der Waals surface area contributed by atoms with Crippen molar-refractivity contribution in [3.05, 3.63) is 77.1 Å². The summed E-state index contributed by atoms with van der Waals surface area (Å²) < 4.78 is 32.5. The molecule has 7 rings (SSSR count). The molecule has 3 atom stereocenters. The third-order valence-corrected chi connectivity index (χ3v) is 8.44. The second kappa shape index (κ2) is 9.94. The van der Waals surface area contributed by atoms with E-state index in [1.54, 1.807) is 36.4 Å². The Kier molecular flexibility index (Phi) is 5.50. The first-order valence-electron chi connectivity index (χ1n) is 16.1. The van der Waals surface area contributed by atoms with E-state index >= 15 is 0 Å². The first-order valence-corrected chi connectivity index (χ1v) is 14.6. The van der Waals surface area contributed by atoms with Crippen molar-refractivity contribution in [2.45, 2.75) is 64.1 Å². The maximum atomic E-state index is 13.8. The van der Waals surface area contributed by atoms with E-state index in [9.17, 15) is 9.59 Å². The summed E-state index contributed by atoms with van der Waals surface area (Å²) in [6.45, 7) is 5.75. The number of carbonyl (C=O) groups excluding carboxylic acids is 2. The lowest BCUT2D eigenvalue weighted by atomic mass is 9.93. The molecule has 9 nitrogen and oxygen atoms in total. The molecule has 2 aromatic carbocycles. The van der Waals surface area contributed by atoms with E-state index in [2.05, 4.69) is 26.4 Å². The van der Waals surface area contributed by atoms with Crippen molar-refractivity contribution < 1.29 is 18.4 Å². The number of hydrogen-bond acceptors (Lipinski definition) is 6. The van der Waals surface area contributed by atoms with Crippen LogP contribution < -0.4 is 0 Å². The zero-order valence-corrected chi connectivity index (χ0v) is 24.6. The summed E-state index contributed by atoms with van der Waals surface area (Å²) in [5.74, 6) is 6.80. The van der Waals surface area contributed by atoms with Gasteiger partial charge in [-0.05, 0) is 63.9 Å². The Labute approximate surface area is 255 Å². The largest absolute Gasteiger partial charge is 0.444 e. The van der Waals surface area contributed by atoms with Gasteiger partial charge in [0.1, 0.15) is 17.2 Å². The minimum atomic E-state index is -2.65. The number of amides is 2. The number of benzene rings is 2. The van der Waals surface area contributed by atoms with Gasteiger partial charge in [-0.25, -0.2) is 19.7 Å². The van der Waals surface area contributed by atoms with Gasteiger partial charge in [0.15, 0.2) is 0 Å². The molecular formula is C34H34N6O3. The topological polar surface area (TPSA) is 93.5 Å². The fourth-order valence-electron chi connectivity index (χ4n) is 6.53. The molecule has 1 saturated heterocycles. The Hall–Kier alpha value is -4.71. The minimum absolute atomic E-state index is 0.0229. The van der Waals surface area contributed by atoms with Crippen LogP contribution in [0.2, 0.25) is 0 Å². The summed E-state index contributed by atoms with van der Waals surface area (Å²) in [6.07, 6.45) is 4.42. The van der Waals surface area contributed by atoms with Crippen LogP contribution in [0, 0.1) is 11.8 Å². The number of nitrogens with zero attached hydrogens (tertiary/aromatic N) is 6. The standard InChI is InChI=1S/C34H34N6O3/c1-6-8-20-9-7-10-24-29(20)27-16-28(38(5)32(24)41)31-37-25-12-11-21(15-26(25)40(27)31)23-17-35-30(36-18-23)22-13-14-39(19-22)33(42)43-34(2,3)4/h7,9-12,15,17-18,22,27-28H,13-14,16,19H2,1-5H3/t22?,27-,28-/m1/s1/i5D3. The van der Waals surface area contributed by atoms with Crippen LogP contribution in [0.4, 0.5) is 4.79 Å². The summed E-state index contributed by atoms with van der Waals surface area (Å²) in [6, 6.07) is 10.2. The monoisotopic (exact) mass is 577 g/mol. The van der Waals surface area contributed by atoms with Crippen LogP contribution in [-0.4, -0.2) is 67.0 Å². The van der Waals surface area contributed by atoms with Crippen LogP contribution in [0.5, 0.6) is 0 Å². The van der Waals surface area contributed by atoms with Crippen LogP contribution in [-0.2, 0) is 4.74 Å². The van der Waals surface area contributed by atoms with E-state index in [0.29, 0.717) is 47.8 Å². The highest BCUT2D eigenvalue weighted by molar-refractivity contribution is 5.98. The number of carbonyl (C=O) groups is 2. The van der Waals surface area contributed by atoms with E-state index in [4.69, 9.17) is 13.8 Å². The Bertz CT molecular complexity index is 1950. The first-order chi connectivity index (χ1) is 21.8. The van der Waals surface area contributed by atoms with Crippen LogP contribution >= 0.6 is 0 Å². The van der Waals surface area contributed by atoms with Gasteiger partial charge >= 0.3 is 6.09 Å². The second-order valence-corrected chi connectivity index (χ2v) is 12.4. The number of likely N-dealkylation sites (tertiary alicyclic amines) is 1. The van der Waals surface area contributed by atoms with Gasteiger partial charge in [-0.2, -0.15) is 0 Å². The van der Waals surface area contributed by atoms with Gasteiger partial charge in [0.05, 0.1) is 23.1 Å². The Morgan fingerprint density at radius 1 is 1.12 bits per heavy atom. The van der Waals surface area contributed by atoms with E-state index < -0.39 is 24.5 Å². The summed E-state index contributed by atoms with van der Waals surface area (Å²) in [5.41, 5.74) is 4.48. The van der Waals surface area contributed by atoms with Crippen molar-refractivity contribution in [1.82, 2.24) is 29.3 Å². The number of fused-ring (bicyclic) bond motifs is 9. The van der Waals surface area contributed by atoms with Crippen molar-refractivity contribution in [3.63, 3.8) is 0 Å². The van der Waals surface area contributed by atoms with Gasteiger partial charge < -0.3 is 19.1 Å². The lowest BCUT2D eigenvalue weighted by Crippen LogP contribution is -2.35.